The van der Waals surface area contributed by atoms with Gasteiger partial charge in [0.2, 0.25) is 0 Å². The van der Waals surface area contributed by atoms with Crippen LogP contribution in [0.25, 0.3) is 0 Å². The van der Waals surface area contributed by atoms with Crippen LogP contribution in [-0.4, -0.2) is 32.8 Å². The number of nitrogens with one attached hydrogen (secondary N) is 1. The molecule has 0 bridgehead atoms. The van der Waals surface area contributed by atoms with Crippen LogP contribution in [0.4, 0.5) is 5.69 Å². The maximum absolute atomic E-state index is 5.29. The highest BCUT2D eigenvalue weighted by Crippen LogP contribution is 2.22. The molecule has 0 aromatic heterocycles. The molecule has 1 unspecified atom stereocenters. The molecular weight excluding hydrogens is 224 g/mol. The molecule has 0 radical (unpaired) electrons. The quantitative estimate of drug-likeness (QED) is 0.885. The number of hydrogen-bond donors (Lipinski definition) is 1. The number of nitrogens with zero attached hydrogens (tertiary/aromatic N) is 1. The average Bonchev–Trinajstić information content (AvgIpc) is 2.65. The zero-order chi connectivity index (χ0) is 12.8. The van der Waals surface area contributed by atoms with E-state index in [1.54, 1.807) is 7.11 Å². The molecule has 3 nitrogen and oxygen atoms in total. The maximum Gasteiger partial charge on any atom is 0.0733 e. The number of rotatable bonds is 4. The molecular formula is C15H24N2O. The van der Waals surface area contributed by atoms with Crippen LogP contribution >= 0.6 is 0 Å². The molecule has 2 rings (SSSR count). The van der Waals surface area contributed by atoms with Crippen molar-refractivity contribution in [3.63, 3.8) is 0 Å². The summed E-state index contributed by atoms with van der Waals surface area (Å²) in [6.45, 7) is 6.23. The molecule has 1 saturated heterocycles. The van der Waals surface area contributed by atoms with E-state index in [0.717, 1.165) is 19.6 Å². The first-order valence-corrected chi connectivity index (χ1v) is 6.90. The molecule has 1 aliphatic rings. The average molecular weight is 248 g/mol. The zero-order valence-electron chi connectivity index (χ0n) is 11.5. The number of anilines is 1. The lowest BCUT2D eigenvalue weighted by molar-refractivity contribution is 0.185. The third-order valence-electron chi connectivity index (χ3n) is 3.69. The van der Waals surface area contributed by atoms with Gasteiger partial charge in [-0.2, -0.15) is 0 Å². The van der Waals surface area contributed by atoms with E-state index in [0.29, 0.717) is 12.6 Å². The van der Waals surface area contributed by atoms with Crippen LogP contribution in [0.3, 0.4) is 0 Å². The summed E-state index contributed by atoms with van der Waals surface area (Å²) >= 11 is 0. The van der Waals surface area contributed by atoms with Gasteiger partial charge in [0.25, 0.3) is 0 Å². The molecule has 0 saturated carbocycles. The Morgan fingerprint density at radius 3 is 2.94 bits per heavy atom. The molecule has 1 heterocycles. The Labute approximate surface area is 110 Å². The van der Waals surface area contributed by atoms with Crippen molar-refractivity contribution < 1.29 is 4.74 Å². The van der Waals surface area contributed by atoms with Gasteiger partial charge < -0.3 is 15.0 Å². The van der Waals surface area contributed by atoms with Crippen molar-refractivity contribution in [3.05, 3.63) is 29.8 Å². The first-order valence-electron chi connectivity index (χ1n) is 6.90. The summed E-state index contributed by atoms with van der Waals surface area (Å²) in [7, 11) is 1.76. The predicted molar refractivity (Wildman–Crippen MR) is 76.1 cm³/mol. The molecule has 1 atom stereocenters. The molecule has 0 spiro atoms. The smallest absolute Gasteiger partial charge is 0.0733 e. The molecule has 1 N–H and O–H groups in total. The van der Waals surface area contributed by atoms with Crippen LogP contribution in [0, 0.1) is 0 Å². The number of methoxy groups -OCH3 is 1. The van der Waals surface area contributed by atoms with Gasteiger partial charge in [-0.1, -0.05) is 25.1 Å². The summed E-state index contributed by atoms with van der Waals surface area (Å²) < 4.78 is 5.29. The van der Waals surface area contributed by atoms with Crippen molar-refractivity contribution in [1.82, 2.24) is 5.32 Å². The van der Waals surface area contributed by atoms with Gasteiger partial charge in [0.05, 0.1) is 6.61 Å². The van der Waals surface area contributed by atoms with Crippen LogP contribution in [0.1, 0.15) is 25.3 Å². The second kappa shape index (κ2) is 6.76. The lowest BCUT2D eigenvalue weighted by Crippen LogP contribution is -2.30. The largest absolute Gasteiger partial charge is 0.380 e. The van der Waals surface area contributed by atoms with E-state index in [2.05, 4.69) is 41.4 Å². The Morgan fingerprint density at radius 1 is 1.33 bits per heavy atom. The van der Waals surface area contributed by atoms with Crippen LogP contribution in [0.5, 0.6) is 0 Å². The highest BCUT2D eigenvalue weighted by molar-refractivity contribution is 5.53. The molecule has 3 heteroatoms. The van der Waals surface area contributed by atoms with E-state index >= 15 is 0 Å². The molecule has 1 aromatic rings. The first kappa shape index (κ1) is 13.4. The molecule has 0 amide bonds. The van der Waals surface area contributed by atoms with Gasteiger partial charge in [0, 0.05) is 44.0 Å². The predicted octanol–water partition coefficient (Wildman–Crippen LogP) is 2.41. The van der Waals surface area contributed by atoms with Gasteiger partial charge in [0.1, 0.15) is 0 Å². The summed E-state index contributed by atoms with van der Waals surface area (Å²) in [5.74, 6) is 0. The summed E-state index contributed by atoms with van der Waals surface area (Å²) in [6, 6.07) is 9.24. The summed E-state index contributed by atoms with van der Waals surface area (Å²) in [5.41, 5.74) is 2.62. The first-order chi connectivity index (χ1) is 8.85. The van der Waals surface area contributed by atoms with Crippen molar-refractivity contribution in [1.29, 1.82) is 0 Å². The number of para-hydroxylation sites is 1. The standard InChI is InChI=1S/C15H24N2O/c1-3-14-8-10-17(11-9-16-14)15-7-5-4-6-13(15)12-18-2/h4-7,14,16H,3,8-12H2,1-2H3. The van der Waals surface area contributed by atoms with Gasteiger partial charge in [-0.05, 0) is 18.9 Å². The fourth-order valence-electron chi connectivity index (χ4n) is 2.62. The van der Waals surface area contributed by atoms with Gasteiger partial charge in [-0.3, -0.25) is 0 Å². The maximum atomic E-state index is 5.29. The minimum Gasteiger partial charge on any atom is -0.380 e. The third kappa shape index (κ3) is 3.24. The highest BCUT2D eigenvalue weighted by Gasteiger charge is 2.16. The minimum absolute atomic E-state index is 0.671. The van der Waals surface area contributed by atoms with E-state index in [1.165, 1.54) is 24.1 Å². The summed E-state index contributed by atoms with van der Waals surface area (Å²) in [5, 5.41) is 3.61. The number of hydrogen-bond acceptors (Lipinski definition) is 3. The van der Waals surface area contributed by atoms with E-state index in [-0.39, 0.29) is 0 Å². The van der Waals surface area contributed by atoms with Crippen molar-refractivity contribution in [2.75, 3.05) is 31.6 Å². The van der Waals surface area contributed by atoms with Gasteiger partial charge in [-0.25, -0.2) is 0 Å². The molecule has 100 valence electrons. The topological polar surface area (TPSA) is 24.5 Å². The second-order valence-corrected chi connectivity index (χ2v) is 4.90. The number of benzene rings is 1. The van der Waals surface area contributed by atoms with Crippen LogP contribution in [0.15, 0.2) is 24.3 Å². The van der Waals surface area contributed by atoms with Gasteiger partial charge in [0.15, 0.2) is 0 Å². The Balaban J connectivity index is 2.10. The number of ether oxygens (including phenoxy) is 1. The highest BCUT2D eigenvalue weighted by atomic mass is 16.5. The van der Waals surface area contributed by atoms with Crippen molar-refractivity contribution >= 4 is 5.69 Å². The lowest BCUT2D eigenvalue weighted by atomic mass is 10.1. The fraction of sp³-hybridized carbons (Fsp3) is 0.600. The molecule has 1 aromatic carbocycles. The van der Waals surface area contributed by atoms with Gasteiger partial charge in [-0.15, -0.1) is 0 Å². The Bertz CT molecular complexity index is 367. The van der Waals surface area contributed by atoms with Crippen molar-refractivity contribution in [3.8, 4) is 0 Å². The Morgan fingerprint density at radius 2 is 2.17 bits per heavy atom. The van der Waals surface area contributed by atoms with Crippen molar-refractivity contribution in [2.24, 2.45) is 0 Å². The normalized spacial score (nSPS) is 20.8. The molecule has 0 aliphatic carbocycles. The van der Waals surface area contributed by atoms with Crippen LogP contribution < -0.4 is 10.2 Å². The molecule has 18 heavy (non-hydrogen) atoms. The Hall–Kier alpha value is -1.06. The van der Waals surface area contributed by atoms with Crippen LogP contribution in [0.2, 0.25) is 0 Å². The Kier molecular flexibility index (Phi) is 5.02. The molecule has 1 aliphatic heterocycles. The van der Waals surface area contributed by atoms with E-state index in [1.807, 2.05) is 0 Å². The monoisotopic (exact) mass is 248 g/mol. The van der Waals surface area contributed by atoms with E-state index in [9.17, 15) is 0 Å². The second-order valence-electron chi connectivity index (χ2n) is 4.90. The summed E-state index contributed by atoms with van der Waals surface area (Å²) in [6.07, 6.45) is 2.44. The SMILES string of the molecule is CCC1CCN(c2ccccc2COC)CCN1. The van der Waals surface area contributed by atoms with Crippen molar-refractivity contribution in [2.45, 2.75) is 32.4 Å². The van der Waals surface area contributed by atoms with E-state index < -0.39 is 0 Å². The van der Waals surface area contributed by atoms with E-state index in [4.69, 9.17) is 4.74 Å². The molecule has 1 fully saturated rings. The third-order valence-corrected chi connectivity index (χ3v) is 3.69. The minimum atomic E-state index is 0.671. The fourth-order valence-corrected chi connectivity index (χ4v) is 2.62. The zero-order valence-corrected chi connectivity index (χ0v) is 11.5. The van der Waals surface area contributed by atoms with Gasteiger partial charge >= 0.3 is 0 Å². The van der Waals surface area contributed by atoms with Crippen LogP contribution in [-0.2, 0) is 11.3 Å². The lowest BCUT2D eigenvalue weighted by Gasteiger charge is -2.25. The summed E-state index contributed by atoms with van der Waals surface area (Å²) in [4.78, 5) is 2.48.